The third-order valence-corrected chi connectivity index (χ3v) is 3.75. The molecule has 1 aliphatic heterocycles. The highest BCUT2D eigenvalue weighted by Crippen LogP contribution is 2.33. The van der Waals surface area contributed by atoms with E-state index < -0.39 is 0 Å². The van der Waals surface area contributed by atoms with Gasteiger partial charge >= 0.3 is 0 Å². The number of aliphatic hydroxyl groups is 1. The van der Waals surface area contributed by atoms with Crippen LogP contribution < -0.4 is 10.1 Å². The van der Waals surface area contributed by atoms with Crippen molar-refractivity contribution in [3.63, 3.8) is 0 Å². The van der Waals surface area contributed by atoms with Gasteiger partial charge in [0.05, 0.1) is 19.3 Å². The third-order valence-electron chi connectivity index (χ3n) is 3.75. The summed E-state index contributed by atoms with van der Waals surface area (Å²) in [5.41, 5.74) is 2.28. The van der Waals surface area contributed by atoms with Crippen molar-refractivity contribution < 1.29 is 9.84 Å². The van der Waals surface area contributed by atoms with Gasteiger partial charge in [0.15, 0.2) is 0 Å². The summed E-state index contributed by atoms with van der Waals surface area (Å²) in [6, 6.07) is 18.3. The van der Waals surface area contributed by atoms with Gasteiger partial charge < -0.3 is 15.2 Å². The Morgan fingerprint density at radius 3 is 2.65 bits per heavy atom. The molecule has 3 heteroatoms. The molecule has 0 amide bonds. The molecule has 0 bridgehead atoms. The lowest BCUT2D eigenvalue weighted by atomic mass is 9.98. The van der Waals surface area contributed by atoms with Crippen LogP contribution in [0.2, 0.25) is 0 Å². The Hall–Kier alpha value is -1.84. The molecule has 1 heterocycles. The maximum absolute atomic E-state index is 9.66. The van der Waals surface area contributed by atoms with Crippen molar-refractivity contribution in [3.05, 3.63) is 65.7 Å². The summed E-state index contributed by atoms with van der Waals surface area (Å²) in [4.78, 5) is 0. The maximum atomic E-state index is 9.66. The van der Waals surface area contributed by atoms with Crippen LogP contribution in [0.25, 0.3) is 0 Å². The van der Waals surface area contributed by atoms with Crippen LogP contribution in [0.1, 0.15) is 29.6 Å². The van der Waals surface area contributed by atoms with Crippen molar-refractivity contribution in [2.24, 2.45) is 0 Å². The molecule has 3 nitrogen and oxygen atoms in total. The van der Waals surface area contributed by atoms with Gasteiger partial charge in [-0.3, -0.25) is 0 Å². The zero-order valence-corrected chi connectivity index (χ0v) is 11.3. The number of hydrogen-bond acceptors (Lipinski definition) is 3. The van der Waals surface area contributed by atoms with E-state index in [4.69, 9.17) is 4.74 Å². The number of hydrogen-bond donors (Lipinski definition) is 2. The second-order valence-corrected chi connectivity index (χ2v) is 5.04. The summed E-state index contributed by atoms with van der Waals surface area (Å²) in [7, 11) is 0. The van der Waals surface area contributed by atoms with Crippen LogP contribution in [0.3, 0.4) is 0 Å². The summed E-state index contributed by atoms with van der Waals surface area (Å²) in [6.07, 6.45) is 0.917. The van der Waals surface area contributed by atoms with Gasteiger partial charge in [-0.1, -0.05) is 48.5 Å². The average molecular weight is 269 g/mol. The Balaban J connectivity index is 1.81. The number of ether oxygens (including phenoxy) is 1. The fourth-order valence-corrected chi connectivity index (χ4v) is 2.70. The predicted octanol–water partition coefficient (Wildman–Crippen LogP) is 2.83. The fraction of sp³-hybridized carbons (Fsp3) is 0.294. The molecule has 2 N–H and O–H groups in total. The van der Waals surface area contributed by atoms with E-state index in [2.05, 4.69) is 11.4 Å². The standard InChI is InChI=1S/C17H19NO2/c19-12-16(13-6-2-1-3-7-13)18-15-10-11-20-17-9-5-4-8-14(15)17/h1-9,15-16,18-19H,10-12H2. The van der Waals surface area contributed by atoms with Gasteiger partial charge in [0.2, 0.25) is 0 Å². The van der Waals surface area contributed by atoms with Crippen LogP contribution in [-0.4, -0.2) is 18.3 Å². The zero-order valence-electron chi connectivity index (χ0n) is 11.3. The van der Waals surface area contributed by atoms with Crippen LogP contribution in [0.4, 0.5) is 0 Å². The highest BCUT2D eigenvalue weighted by molar-refractivity contribution is 5.37. The Bertz CT molecular complexity index is 556. The second kappa shape index (κ2) is 6.07. The average Bonchev–Trinajstić information content (AvgIpc) is 2.53. The lowest BCUT2D eigenvalue weighted by Crippen LogP contribution is -2.32. The molecule has 3 rings (SSSR count). The first-order chi connectivity index (χ1) is 9.88. The quantitative estimate of drug-likeness (QED) is 0.896. The van der Waals surface area contributed by atoms with E-state index in [0.717, 1.165) is 17.7 Å². The van der Waals surface area contributed by atoms with Crippen LogP contribution in [-0.2, 0) is 0 Å². The molecule has 0 saturated carbocycles. The second-order valence-electron chi connectivity index (χ2n) is 5.04. The van der Waals surface area contributed by atoms with Gasteiger partial charge in [0.1, 0.15) is 5.75 Å². The molecule has 2 atom stereocenters. The van der Waals surface area contributed by atoms with Crippen molar-refractivity contribution in [2.75, 3.05) is 13.2 Å². The van der Waals surface area contributed by atoms with E-state index in [0.29, 0.717) is 6.61 Å². The molecule has 2 aromatic rings. The Morgan fingerprint density at radius 2 is 1.85 bits per heavy atom. The minimum absolute atomic E-state index is 0.0487. The number of nitrogens with one attached hydrogen (secondary N) is 1. The Labute approximate surface area is 119 Å². The molecule has 0 aliphatic carbocycles. The first kappa shape index (κ1) is 13.2. The Morgan fingerprint density at radius 1 is 1.10 bits per heavy atom. The molecule has 20 heavy (non-hydrogen) atoms. The van der Waals surface area contributed by atoms with E-state index in [1.165, 1.54) is 5.56 Å². The van der Waals surface area contributed by atoms with Crippen LogP contribution in [0, 0.1) is 0 Å². The molecule has 1 aliphatic rings. The molecular weight excluding hydrogens is 250 g/mol. The zero-order chi connectivity index (χ0) is 13.8. The van der Waals surface area contributed by atoms with E-state index in [9.17, 15) is 5.11 Å². The monoisotopic (exact) mass is 269 g/mol. The van der Waals surface area contributed by atoms with Crippen molar-refractivity contribution in [1.82, 2.24) is 5.32 Å². The smallest absolute Gasteiger partial charge is 0.124 e. The van der Waals surface area contributed by atoms with Crippen molar-refractivity contribution in [3.8, 4) is 5.75 Å². The minimum Gasteiger partial charge on any atom is -0.493 e. The Kier molecular flexibility index (Phi) is 4.00. The van der Waals surface area contributed by atoms with E-state index in [1.807, 2.05) is 48.5 Å². The maximum Gasteiger partial charge on any atom is 0.124 e. The minimum atomic E-state index is -0.0487. The van der Waals surface area contributed by atoms with Crippen LogP contribution in [0.15, 0.2) is 54.6 Å². The van der Waals surface area contributed by atoms with Crippen LogP contribution >= 0.6 is 0 Å². The first-order valence-corrected chi connectivity index (χ1v) is 7.02. The predicted molar refractivity (Wildman–Crippen MR) is 78.7 cm³/mol. The number of aliphatic hydroxyl groups excluding tert-OH is 1. The molecule has 0 saturated heterocycles. The lowest BCUT2D eigenvalue weighted by Gasteiger charge is -2.30. The number of benzene rings is 2. The van der Waals surface area contributed by atoms with E-state index in [1.54, 1.807) is 0 Å². The number of rotatable bonds is 4. The number of fused-ring (bicyclic) bond motifs is 1. The summed E-state index contributed by atoms with van der Waals surface area (Å²) < 4.78 is 5.67. The highest BCUT2D eigenvalue weighted by Gasteiger charge is 2.23. The summed E-state index contributed by atoms with van der Waals surface area (Å²) in [5, 5.41) is 13.2. The molecule has 0 radical (unpaired) electrons. The molecule has 2 aromatic carbocycles. The molecule has 2 unspecified atom stereocenters. The normalized spacial score (nSPS) is 18.9. The van der Waals surface area contributed by atoms with Gasteiger partial charge in [-0.05, 0) is 11.6 Å². The van der Waals surface area contributed by atoms with E-state index in [-0.39, 0.29) is 18.7 Å². The molecule has 0 spiro atoms. The topological polar surface area (TPSA) is 41.5 Å². The highest BCUT2D eigenvalue weighted by atomic mass is 16.5. The summed E-state index contributed by atoms with van der Waals surface area (Å²) >= 11 is 0. The fourth-order valence-electron chi connectivity index (χ4n) is 2.70. The van der Waals surface area contributed by atoms with Gasteiger partial charge in [0.25, 0.3) is 0 Å². The van der Waals surface area contributed by atoms with Crippen molar-refractivity contribution >= 4 is 0 Å². The van der Waals surface area contributed by atoms with Gasteiger partial charge in [0, 0.05) is 18.0 Å². The lowest BCUT2D eigenvalue weighted by molar-refractivity contribution is 0.204. The largest absolute Gasteiger partial charge is 0.493 e. The molecule has 0 aromatic heterocycles. The summed E-state index contributed by atoms with van der Waals surface area (Å²) in [6.45, 7) is 0.797. The third kappa shape index (κ3) is 2.69. The van der Waals surface area contributed by atoms with Gasteiger partial charge in [-0.2, -0.15) is 0 Å². The number of para-hydroxylation sites is 1. The SMILES string of the molecule is OCC(NC1CCOc2ccccc21)c1ccccc1. The van der Waals surface area contributed by atoms with Crippen molar-refractivity contribution in [2.45, 2.75) is 18.5 Å². The van der Waals surface area contributed by atoms with Crippen molar-refractivity contribution in [1.29, 1.82) is 0 Å². The van der Waals surface area contributed by atoms with Crippen LogP contribution in [0.5, 0.6) is 5.75 Å². The van der Waals surface area contributed by atoms with E-state index >= 15 is 0 Å². The van der Waals surface area contributed by atoms with Gasteiger partial charge in [-0.15, -0.1) is 0 Å². The molecule has 0 fully saturated rings. The first-order valence-electron chi connectivity index (χ1n) is 7.02. The molecular formula is C17H19NO2. The summed E-state index contributed by atoms with van der Waals surface area (Å²) in [5.74, 6) is 0.945. The molecule has 104 valence electrons. The van der Waals surface area contributed by atoms with Gasteiger partial charge in [-0.25, -0.2) is 0 Å².